The average molecular weight is 338 g/mol. The van der Waals surface area contributed by atoms with Gasteiger partial charge in [-0.1, -0.05) is 6.07 Å². The molecule has 2 aliphatic rings. The maximum atomic E-state index is 4.76. The molecule has 2 aromatic rings. The molecule has 0 amide bonds. The average Bonchev–Trinajstić information content (AvgIpc) is 3.28. The zero-order chi connectivity index (χ0) is 17.2. The molecule has 6 heteroatoms. The largest absolute Gasteiger partial charge is 0.341 e. The molecule has 0 atom stereocenters. The maximum Gasteiger partial charge on any atom is 0.233 e. The van der Waals surface area contributed by atoms with E-state index >= 15 is 0 Å². The normalized spacial score (nSPS) is 17.4. The van der Waals surface area contributed by atoms with E-state index in [0.717, 1.165) is 43.8 Å². The van der Waals surface area contributed by atoms with E-state index in [1.54, 1.807) is 0 Å². The van der Waals surface area contributed by atoms with Gasteiger partial charge in [-0.25, -0.2) is 0 Å². The monoisotopic (exact) mass is 338 g/mol. The van der Waals surface area contributed by atoms with Crippen LogP contribution in [-0.4, -0.2) is 41.1 Å². The number of nitrogens with zero attached hydrogens (tertiary/aromatic N) is 5. The fraction of sp³-hybridized carbons (Fsp3) is 0.526. The summed E-state index contributed by atoms with van der Waals surface area (Å²) in [4.78, 5) is 18.7. The lowest BCUT2D eigenvalue weighted by atomic mass is 10.1. The van der Waals surface area contributed by atoms with Gasteiger partial charge in [-0.2, -0.15) is 15.0 Å². The molecule has 0 unspecified atom stereocenters. The van der Waals surface area contributed by atoms with Crippen LogP contribution >= 0.6 is 0 Å². The smallest absolute Gasteiger partial charge is 0.233 e. The molecule has 0 saturated carbocycles. The Morgan fingerprint density at radius 2 is 1.20 bits per heavy atom. The van der Waals surface area contributed by atoms with Crippen molar-refractivity contribution in [3.05, 3.63) is 29.3 Å². The third kappa shape index (κ3) is 3.67. The van der Waals surface area contributed by atoms with Crippen molar-refractivity contribution in [1.82, 2.24) is 15.0 Å². The van der Waals surface area contributed by atoms with Crippen molar-refractivity contribution < 1.29 is 0 Å². The third-order valence-electron chi connectivity index (χ3n) is 4.87. The van der Waals surface area contributed by atoms with Crippen molar-refractivity contribution in [2.45, 2.75) is 39.5 Å². The second-order valence-electron chi connectivity index (χ2n) is 7.15. The Morgan fingerprint density at radius 1 is 0.720 bits per heavy atom. The van der Waals surface area contributed by atoms with Gasteiger partial charge in [0.2, 0.25) is 17.8 Å². The highest BCUT2D eigenvalue weighted by molar-refractivity contribution is 5.58. The molecule has 2 saturated heterocycles. The second-order valence-corrected chi connectivity index (χ2v) is 7.15. The molecule has 2 aliphatic heterocycles. The lowest BCUT2D eigenvalue weighted by Crippen LogP contribution is -2.25. The first-order valence-electron chi connectivity index (χ1n) is 9.29. The summed E-state index contributed by atoms with van der Waals surface area (Å²) in [5.41, 5.74) is 3.50. The van der Waals surface area contributed by atoms with Crippen molar-refractivity contribution in [3.8, 4) is 0 Å². The minimum atomic E-state index is 0.642. The van der Waals surface area contributed by atoms with Crippen LogP contribution in [0, 0.1) is 13.8 Å². The summed E-state index contributed by atoms with van der Waals surface area (Å²) in [6.45, 7) is 8.35. The van der Waals surface area contributed by atoms with Crippen molar-refractivity contribution in [1.29, 1.82) is 0 Å². The van der Waals surface area contributed by atoms with E-state index in [1.165, 1.54) is 36.8 Å². The Hall–Kier alpha value is -2.37. The zero-order valence-electron chi connectivity index (χ0n) is 15.1. The molecule has 3 heterocycles. The molecule has 6 nitrogen and oxygen atoms in total. The van der Waals surface area contributed by atoms with Gasteiger partial charge in [0.05, 0.1) is 0 Å². The van der Waals surface area contributed by atoms with Crippen molar-refractivity contribution in [2.75, 3.05) is 41.3 Å². The highest BCUT2D eigenvalue weighted by atomic mass is 15.4. The molecule has 0 aliphatic carbocycles. The minimum absolute atomic E-state index is 0.642. The number of hydrogen-bond acceptors (Lipinski definition) is 6. The molecule has 0 bridgehead atoms. The van der Waals surface area contributed by atoms with Crippen LogP contribution in [0.5, 0.6) is 0 Å². The molecule has 0 spiro atoms. The molecule has 4 rings (SSSR count). The predicted octanol–water partition coefficient (Wildman–Crippen LogP) is 3.43. The van der Waals surface area contributed by atoms with Crippen LogP contribution in [0.15, 0.2) is 18.2 Å². The number of aromatic nitrogens is 3. The van der Waals surface area contributed by atoms with Gasteiger partial charge in [-0.15, -0.1) is 0 Å². The van der Waals surface area contributed by atoms with Gasteiger partial charge in [0.1, 0.15) is 0 Å². The number of aryl methyl sites for hydroxylation is 2. The van der Waals surface area contributed by atoms with Gasteiger partial charge in [0.15, 0.2) is 0 Å². The summed E-state index contributed by atoms with van der Waals surface area (Å²) in [6.07, 6.45) is 4.85. The molecule has 0 radical (unpaired) electrons. The fourth-order valence-corrected chi connectivity index (χ4v) is 3.70. The van der Waals surface area contributed by atoms with Crippen molar-refractivity contribution in [2.24, 2.45) is 0 Å². The number of nitrogens with one attached hydrogen (secondary N) is 1. The van der Waals surface area contributed by atoms with Crippen molar-refractivity contribution >= 4 is 23.5 Å². The van der Waals surface area contributed by atoms with Crippen LogP contribution in [0.1, 0.15) is 36.8 Å². The summed E-state index contributed by atoms with van der Waals surface area (Å²) in [5.74, 6) is 2.26. The number of rotatable bonds is 4. The Labute approximate surface area is 149 Å². The first kappa shape index (κ1) is 16.1. The minimum Gasteiger partial charge on any atom is -0.341 e. The molecule has 1 aromatic carbocycles. The van der Waals surface area contributed by atoms with Gasteiger partial charge < -0.3 is 15.1 Å². The molecular weight excluding hydrogens is 312 g/mol. The van der Waals surface area contributed by atoms with E-state index in [1.807, 2.05) is 0 Å². The van der Waals surface area contributed by atoms with Crippen LogP contribution in [0.25, 0.3) is 0 Å². The maximum absolute atomic E-state index is 4.76. The highest BCUT2D eigenvalue weighted by Gasteiger charge is 2.21. The number of benzene rings is 1. The molecule has 2 fully saturated rings. The van der Waals surface area contributed by atoms with Crippen LogP contribution in [0.3, 0.4) is 0 Å². The summed E-state index contributed by atoms with van der Waals surface area (Å²) in [7, 11) is 0. The molecule has 1 aromatic heterocycles. The van der Waals surface area contributed by atoms with Crippen LogP contribution in [0.4, 0.5) is 23.5 Å². The quantitative estimate of drug-likeness (QED) is 0.922. The summed E-state index contributed by atoms with van der Waals surface area (Å²) >= 11 is 0. The highest BCUT2D eigenvalue weighted by Crippen LogP contribution is 2.25. The first-order chi connectivity index (χ1) is 12.2. The summed E-state index contributed by atoms with van der Waals surface area (Å²) in [6, 6.07) is 6.42. The SMILES string of the molecule is Cc1cc(C)cc(Nc2nc(N3CCCC3)nc(N3CCCC3)n2)c1. The predicted molar refractivity (Wildman–Crippen MR) is 102 cm³/mol. The van der Waals surface area contributed by atoms with Crippen molar-refractivity contribution in [3.63, 3.8) is 0 Å². The van der Waals surface area contributed by atoms with Gasteiger partial charge in [0, 0.05) is 31.9 Å². The number of hydrogen-bond donors (Lipinski definition) is 1. The van der Waals surface area contributed by atoms with E-state index in [4.69, 9.17) is 15.0 Å². The summed E-state index contributed by atoms with van der Waals surface area (Å²) < 4.78 is 0. The first-order valence-corrected chi connectivity index (χ1v) is 9.29. The Balaban J connectivity index is 1.67. The van der Waals surface area contributed by atoms with E-state index in [2.05, 4.69) is 47.2 Å². The van der Waals surface area contributed by atoms with Crippen LogP contribution < -0.4 is 15.1 Å². The lowest BCUT2D eigenvalue weighted by molar-refractivity contribution is 0.841. The molecule has 25 heavy (non-hydrogen) atoms. The van der Waals surface area contributed by atoms with Gasteiger partial charge in [-0.05, 0) is 62.8 Å². The Kier molecular flexibility index (Phi) is 4.42. The molecule has 1 N–H and O–H groups in total. The fourth-order valence-electron chi connectivity index (χ4n) is 3.70. The van der Waals surface area contributed by atoms with Crippen LogP contribution in [0.2, 0.25) is 0 Å². The van der Waals surface area contributed by atoms with E-state index in [0.29, 0.717) is 5.95 Å². The molecule has 132 valence electrons. The zero-order valence-corrected chi connectivity index (χ0v) is 15.1. The molecular formula is C19H26N6. The van der Waals surface area contributed by atoms with Gasteiger partial charge in [0.25, 0.3) is 0 Å². The number of anilines is 4. The Morgan fingerprint density at radius 3 is 1.68 bits per heavy atom. The third-order valence-corrected chi connectivity index (χ3v) is 4.87. The Bertz CT molecular complexity index is 693. The summed E-state index contributed by atoms with van der Waals surface area (Å²) in [5, 5.41) is 3.40. The lowest BCUT2D eigenvalue weighted by Gasteiger charge is -2.21. The van der Waals surface area contributed by atoms with E-state index in [-0.39, 0.29) is 0 Å². The topological polar surface area (TPSA) is 57.2 Å². The van der Waals surface area contributed by atoms with E-state index < -0.39 is 0 Å². The van der Waals surface area contributed by atoms with Gasteiger partial charge >= 0.3 is 0 Å². The van der Waals surface area contributed by atoms with E-state index in [9.17, 15) is 0 Å². The van der Waals surface area contributed by atoms with Gasteiger partial charge in [-0.3, -0.25) is 0 Å². The van der Waals surface area contributed by atoms with Crippen LogP contribution in [-0.2, 0) is 0 Å². The second kappa shape index (κ2) is 6.86. The standard InChI is InChI=1S/C19H26N6/c1-14-11-15(2)13-16(12-14)20-17-21-18(24-7-3-4-8-24)23-19(22-17)25-9-5-6-10-25/h11-13H,3-10H2,1-2H3,(H,20,21,22,23).